The van der Waals surface area contributed by atoms with Crippen LogP contribution in [0.5, 0.6) is 0 Å². The molecule has 0 bridgehead atoms. The molecule has 31 heavy (non-hydrogen) atoms. The highest BCUT2D eigenvalue weighted by Crippen LogP contribution is 2.32. The van der Waals surface area contributed by atoms with Crippen molar-refractivity contribution < 1.29 is 40.7 Å². The van der Waals surface area contributed by atoms with Crippen LogP contribution in [0.25, 0.3) is 0 Å². The molecule has 1 aromatic heterocycles. The van der Waals surface area contributed by atoms with Gasteiger partial charge >= 0.3 is 18.4 Å². The van der Waals surface area contributed by atoms with E-state index in [1.807, 2.05) is 0 Å². The fourth-order valence-corrected chi connectivity index (χ4v) is 3.03. The number of aromatic nitrogens is 1. The maximum Gasteiger partial charge on any atom is 0.422 e. The molecule has 7 nitrogen and oxygen atoms in total. The molecule has 0 atom stereocenters. The van der Waals surface area contributed by atoms with Crippen LogP contribution in [0.15, 0.2) is 12.3 Å². The van der Waals surface area contributed by atoms with E-state index in [9.17, 15) is 35.9 Å². The molecule has 0 spiro atoms. The van der Waals surface area contributed by atoms with Crippen molar-refractivity contribution in [2.24, 2.45) is 5.92 Å². The third kappa shape index (κ3) is 7.96. The first kappa shape index (κ1) is 24.8. The van der Waals surface area contributed by atoms with E-state index >= 15 is 0 Å². The van der Waals surface area contributed by atoms with Crippen molar-refractivity contribution >= 4 is 29.4 Å². The number of ether oxygens (including phenoxy) is 1. The first-order valence-corrected chi connectivity index (χ1v) is 9.47. The zero-order chi connectivity index (χ0) is 23.2. The van der Waals surface area contributed by atoms with Crippen molar-refractivity contribution in [3.63, 3.8) is 0 Å². The lowest BCUT2D eigenvalue weighted by atomic mass is 9.96. The van der Waals surface area contributed by atoms with Crippen molar-refractivity contribution in [3.05, 3.63) is 22.8 Å². The third-order valence-electron chi connectivity index (χ3n) is 4.37. The van der Waals surface area contributed by atoms with Gasteiger partial charge in [-0.1, -0.05) is 11.6 Å². The summed E-state index contributed by atoms with van der Waals surface area (Å²) in [5.41, 5.74) is -0.981. The second kappa shape index (κ2) is 10.2. The van der Waals surface area contributed by atoms with Crippen molar-refractivity contribution in [1.82, 2.24) is 15.2 Å². The molecule has 0 unspecified atom stereocenters. The molecular weight excluding hydrogens is 458 g/mol. The van der Waals surface area contributed by atoms with Crippen LogP contribution in [-0.4, -0.2) is 60.8 Å². The van der Waals surface area contributed by atoms with E-state index in [-0.39, 0.29) is 55.8 Å². The largest absolute Gasteiger partial charge is 0.440 e. The molecule has 14 heteroatoms. The summed E-state index contributed by atoms with van der Waals surface area (Å²) in [6.07, 6.45) is -9.10. The molecule has 0 aromatic carbocycles. The van der Waals surface area contributed by atoms with E-state index in [1.54, 1.807) is 0 Å². The number of nitrogens with zero attached hydrogens (tertiary/aromatic N) is 2. The standard InChI is InChI=1S/C17H19ClF6N4O3/c18-12-7-11(17(22,23)24)8-27-13(12)25-3-4-26-14(29)10-1-5-28(6-2-10)15(30)31-9-16(19,20)21/h7-8,10H,1-6,9H2,(H,25,27)(H,26,29). The summed E-state index contributed by atoms with van der Waals surface area (Å²) in [5, 5.41) is 5.13. The topological polar surface area (TPSA) is 83.6 Å². The van der Waals surface area contributed by atoms with Crippen LogP contribution in [0.2, 0.25) is 5.02 Å². The van der Waals surface area contributed by atoms with Crippen LogP contribution in [-0.2, 0) is 15.7 Å². The highest BCUT2D eigenvalue weighted by molar-refractivity contribution is 6.32. The lowest BCUT2D eigenvalue weighted by Gasteiger charge is -2.30. The highest BCUT2D eigenvalue weighted by atomic mass is 35.5. The van der Waals surface area contributed by atoms with Gasteiger partial charge in [0.05, 0.1) is 10.6 Å². The van der Waals surface area contributed by atoms with E-state index in [0.717, 1.165) is 11.0 Å². The van der Waals surface area contributed by atoms with Gasteiger partial charge in [-0.15, -0.1) is 0 Å². The number of carbonyl (C=O) groups excluding carboxylic acids is 2. The van der Waals surface area contributed by atoms with E-state index in [1.165, 1.54) is 0 Å². The second-order valence-electron chi connectivity index (χ2n) is 6.70. The molecular formula is C17H19ClF6N4O3. The summed E-state index contributed by atoms with van der Waals surface area (Å²) < 4.78 is 78.2. The van der Waals surface area contributed by atoms with Crippen LogP contribution < -0.4 is 10.6 Å². The highest BCUT2D eigenvalue weighted by Gasteiger charge is 2.33. The summed E-state index contributed by atoms with van der Waals surface area (Å²) in [4.78, 5) is 28.5. The minimum absolute atomic E-state index is 0.0367. The van der Waals surface area contributed by atoms with Gasteiger partial charge in [-0.05, 0) is 18.9 Å². The maximum atomic E-state index is 12.6. The number of anilines is 1. The molecule has 2 rings (SSSR count). The molecule has 1 fully saturated rings. The molecule has 1 aromatic rings. The molecule has 2 amide bonds. The number of rotatable bonds is 6. The van der Waals surface area contributed by atoms with E-state index in [4.69, 9.17) is 11.6 Å². The molecule has 0 saturated carbocycles. The molecule has 0 radical (unpaired) electrons. The van der Waals surface area contributed by atoms with Crippen molar-refractivity contribution in [1.29, 1.82) is 0 Å². The van der Waals surface area contributed by atoms with Crippen molar-refractivity contribution in [2.75, 3.05) is 38.1 Å². The van der Waals surface area contributed by atoms with Crippen LogP contribution >= 0.6 is 11.6 Å². The first-order valence-electron chi connectivity index (χ1n) is 9.09. The average molecular weight is 477 g/mol. The van der Waals surface area contributed by atoms with Gasteiger partial charge in [0.2, 0.25) is 5.91 Å². The van der Waals surface area contributed by atoms with Crippen LogP contribution in [0.4, 0.5) is 37.0 Å². The fraction of sp³-hybridized carbons (Fsp3) is 0.588. The van der Waals surface area contributed by atoms with Gasteiger partial charge in [0.15, 0.2) is 6.61 Å². The minimum atomic E-state index is -4.61. The summed E-state index contributed by atoms with van der Waals surface area (Å²) in [7, 11) is 0. The monoisotopic (exact) mass is 476 g/mol. The van der Waals surface area contributed by atoms with Gasteiger partial charge in [0.25, 0.3) is 0 Å². The Kier molecular flexibility index (Phi) is 8.21. The lowest BCUT2D eigenvalue weighted by Crippen LogP contribution is -2.44. The number of alkyl halides is 6. The molecule has 2 N–H and O–H groups in total. The Morgan fingerprint density at radius 2 is 1.81 bits per heavy atom. The number of amides is 2. The Morgan fingerprint density at radius 1 is 1.16 bits per heavy atom. The van der Waals surface area contributed by atoms with Gasteiger partial charge in [-0.25, -0.2) is 9.78 Å². The lowest BCUT2D eigenvalue weighted by molar-refractivity contribution is -0.162. The molecule has 1 aliphatic heterocycles. The molecule has 174 valence electrons. The quantitative estimate of drug-likeness (QED) is 0.483. The second-order valence-corrected chi connectivity index (χ2v) is 7.11. The average Bonchev–Trinajstić information content (AvgIpc) is 2.69. The number of pyridine rings is 1. The summed E-state index contributed by atoms with van der Waals surface area (Å²) >= 11 is 5.77. The maximum absolute atomic E-state index is 12.6. The molecule has 2 heterocycles. The van der Waals surface area contributed by atoms with Crippen molar-refractivity contribution in [3.8, 4) is 0 Å². The number of halogens is 7. The van der Waals surface area contributed by atoms with Crippen LogP contribution in [0.1, 0.15) is 18.4 Å². The Hall–Kier alpha value is -2.44. The molecule has 1 saturated heterocycles. The zero-order valence-electron chi connectivity index (χ0n) is 15.9. The SMILES string of the molecule is O=C(NCCNc1ncc(C(F)(F)F)cc1Cl)C1CCN(C(=O)OCC(F)(F)F)CC1. The van der Waals surface area contributed by atoms with E-state index < -0.39 is 36.5 Å². The number of hydrogen-bond donors (Lipinski definition) is 2. The number of likely N-dealkylation sites (tertiary alicyclic amines) is 1. The zero-order valence-corrected chi connectivity index (χ0v) is 16.7. The number of carbonyl (C=O) groups is 2. The van der Waals surface area contributed by atoms with Crippen LogP contribution in [0.3, 0.4) is 0 Å². The molecule has 1 aliphatic rings. The number of piperidine rings is 1. The van der Waals surface area contributed by atoms with Gasteiger partial charge in [-0.2, -0.15) is 26.3 Å². The number of hydrogen-bond acceptors (Lipinski definition) is 5. The third-order valence-corrected chi connectivity index (χ3v) is 4.66. The van der Waals surface area contributed by atoms with Gasteiger partial charge < -0.3 is 20.3 Å². The normalized spacial score (nSPS) is 15.5. The van der Waals surface area contributed by atoms with Gasteiger partial charge in [0.1, 0.15) is 5.82 Å². The number of nitrogens with one attached hydrogen (secondary N) is 2. The first-order chi connectivity index (χ1) is 14.4. The predicted molar refractivity (Wildman–Crippen MR) is 97.4 cm³/mol. The summed E-state index contributed by atoms with van der Waals surface area (Å²) in [6, 6.07) is 0.739. The predicted octanol–water partition coefficient (Wildman–Crippen LogP) is 3.69. The van der Waals surface area contributed by atoms with E-state index in [2.05, 4.69) is 20.4 Å². The summed E-state index contributed by atoms with van der Waals surface area (Å²) in [6.45, 7) is -1.23. The Balaban J connectivity index is 1.69. The summed E-state index contributed by atoms with van der Waals surface area (Å²) in [5.74, 6) is -0.703. The van der Waals surface area contributed by atoms with Gasteiger partial charge in [0, 0.05) is 38.3 Å². The van der Waals surface area contributed by atoms with Gasteiger partial charge in [-0.3, -0.25) is 4.79 Å². The van der Waals surface area contributed by atoms with Crippen LogP contribution in [0, 0.1) is 5.92 Å². The molecule has 0 aliphatic carbocycles. The smallest absolute Gasteiger partial charge is 0.422 e. The Morgan fingerprint density at radius 3 is 2.35 bits per heavy atom. The fourth-order valence-electron chi connectivity index (χ4n) is 2.79. The minimum Gasteiger partial charge on any atom is -0.440 e. The van der Waals surface area contributed by atoms with Crippen molar-refractivity contribution in [2.45, 2.75) is 25.2 Å². The Labute approximate surface area is 178 Å². The van der Waals surface area contributed by atoms with E-state index in [0.29, 0.717) is 6.20 Å². The Bertz CT molecular complexity index is 782.